The molecule has 1 amide bonds. The highest BCUT2D eigenvalue weighted by Crippen LogP contribution is 1.95. The Labute approximate surface area is 105 Å². The van der Waals surface area contributed by atoms with E-state index in [1.54, 1.807) is 7.11 Å². The first kappa shape index (κ1) is 16.4. The van der Waals surface area contributed by atoms with Crippen LogP contribution >= 0.6 is 0 Å². The number of nitrogens with one attached hydrogen (secondary N) is 2. The van der Waals surface area contributed by atoms with Crippen molar-refractivity contribution in [2.24, 2.45) is 0 Å². The van der Waals surface area contributed by atoms with Gasteiger partial charge < -0.3 is 15.4 Å². The molecule has 0 aliphatic carbocycles. The molecule has 17 heavy (non-hydrogen) atoms. The van der Waals surface area contributed by atoms with E-state index in [2.05, 4.69) is 17.6 Å². The van der Waals surface area contributed by atoms with Crippen molar-refractivity contribution in [1.29, 1.82) is 0 Å². The second kappa shape index (κ2) is 10.5. The molecule has 0 rings (SSSR count). The summed E-state index contributed by atoms with van der Waals surface area (Å²) in [4.78, 5) is 11.7. The first-order chi connectivity index (χ1) is 8.11. The molecule has 2 N–H and O–H groups in total. The van der Waals surface area contributed by atoms with E-state index in [0.29, 0.717) is 0 Å². The van der Waals surface area contributed by atoms with Crippen LogP contribution < -0.4 is 10.6 Å². The lowest BCUT2D eigenvalue weighted by Gasteiger charge is -2.17. The SMILES string of the molecule is CCC(C)NC(=O)C(C)NCCCCCOC. The molecule has 0 aliphatic heterocycles. The first-order valence-corrected chi connectivity index (χ1v) is 6.64. The molecule has 4 nitrogen and oxygen atoms in total. The smallest absolute Gasteiger partial charge is 0.237 e. The standard InChI is InChI=1S/C13H28N2O2/c1-5-11(2)15-13(16)12(3)14-9-7-6-8-10-17-4/h11-12,14H,5-10H2,1-4H3,(H,15,16). The number of hydrogen-bond donors (Lipinski definition) is 2. The summed E-state index contributed by atoms with van der Waals surface area (Å²) in [5.41, 5.74) is 0. The van der Waals surface area contributed by atoms with Gasteiger partial charge in [0.15, 0.2) is 0 Å². The molecule has 0 aromatic carbocycles. The summed E-state index contributed by atoms with van der Waals surface area (Å²) < 4.78 is 4.98. The highest BCUT2D eigenvalue weighted by Gasteiger charge is 2.12. The van der Waals surface area contributed by atoms with Crippen molar-refractivity contribution in [2.75, 3.05) is 20.3 Å². The van der Waals surface area contributed by atoms with Crippen LogP contribution in [0, 0.1) is 0 Å². The molecule has 0 fully saturated rings. The quantitative estimate of drug-likeness (QED) is 0.575. The second-order valence-electron chi connectivity index (χ2n) is 4.55. The van der Waals surface area contributed by atoms with Crippen LogP contribution in [-0.4, -0.2) is 38.3 Å². The number of unbranched alkanes of at least 4 members (excludes halogenated alkanes) is 2. The molecule has 0 bridgehead atoms. The van der Waals surface area contributed by atoms with E-state index in [9.17, 15) is 4.79 Å². The van der Waals surface area contributed by atoms with E-state index in [0.717, 1.165) is 38.8 Å². The lowest BCUT2D eigenvalue weighted by atomic mass is 10.2. The van der Waals surface area contributed by atoms with Crippen molar-refractivity contribution in [3.05, 3.63) is 0 Å². The molecule has 2 atom stereocenters. The van der Waals surface area contributed by atoms with Crippen LogP contribution in [0.4, 0.5) is 0 Å². The van der Waals surface area contributed by atoms with Crippen LogP contribution in [0.5, 0.6) is 0 Å². The molecule has 4 heteroatoms. The number of carbonyl (C=O) groups excluding carboxylic acids is 1. The van der Waals surface area contributed by atoms with Gasteiger partial charge in [0.2, 0.25) is 5.91 Å². The molecular formula is C13H28N2O2. The minimum atomic E-state index is -0.105. The number of ether oxygens (including phenoxy) is 1. The minimum absolute atomic E-state index is 0.0937. The van der Waals surface area contributed by atoms with E-state index in [1.165, 1.54) is 0 Å². The van der Waals surface area contributed by atoms with Crippen molar-refractivity contribution in [2.45, 2.75) is 58.5 Å². The molecule has 0 aromatic rings. The van der Waals surface area contributed by atoms with Crippen LogP contribution in [0.1, 0.15) is 46.5 Å². The molecular weight excluding hydrogens is 216 g/mol. The van der Waals surface area contributed by atoms with Gasteiger partial charge in [-0.3, -0.25) is 4.79 Å². The highest BCUT2D eigenvalue weighted by molar-refractivity contribution is 5.81. The Hall–Kier alpha value is -0.610. The molecule has 0 heterocycles. The third kappa shape index (κ3) is 9.12. The number of rotatable bonds is 10. The van der Waals surface area contributed by atoms with Crippen molar-refractivity contribution < 1.29 is 9.53 Å². The summed E-state index contributed by atoms with van der Waals surface area (Å²) >= 11 is 0. The fourth-order valence-electron chi connectivity index (χ4n) is 1.43. The monoisotopic (exact) mass is 244 g/mol. The zero-order valence-corrected chi connectivity index (χ0v) is 11.7. The predicted octanol–water partition coefficient (Wildman–Crippen LogP) is 1.70. The van der Waals surface area contributed by atoms with Crippen molar-refractivity contribution in [1.82, 2.24) is 10.6 Å². The molecule has 0 aromatic heterocycles. The van der Waals surface area contributed by atoms with Crippen LogP contribution in [0.15, 0.2) is 0 Å². The van der Waals surface area contributed by atoms with Gasteiger partial charge >= 0.3 is 0 Å². The van der Waals surface area contributed by atoms with Gasteiger partial charge in [-0.1, -0.05) is 6.92 Å². The van der Waals surface area contributed by atoms with Crippen LogP contribution in [0.25, 0.3) is 0 Å². The van der Waals surface area contributed by atoms with Crippen molar-refractivity contribution in [3.8, 4) is 0 Å². The Morgan fingerprint density at radius 2 is 1.94 bits per heavy atom. The number of amides is 1. The maximum Gasteiger partial charge on any atom is 0.237 e. The zero-order valence-electron chi connectivity index (χ0n) is 11.7. The number of hydrogen-bond acceptors (Lipinski definition) is 3. The average molecular weight is 244 g/mol. The summed E-state index contributed by atoms with van der Waals surface area (Å²) in [5, 5.41) is 6.20. The normalized spacial score (nSPS) is 14.4. The predicted molar refractivity (Wildman–Crippen MR) is 71.1 cm³/mol. The highest BCUT2D eigenvalue weighted by atomic mass is 16.5. The first-order valence-electron chi connectivity index (χ1n) is 6.64. The molecule has 0 saturated heterocycles. The molecule has 2 unspecified atom stereocenters. The number of carbonyl (C=O) groups is 1. The van der Waals surface area contributed by atoms with Gasteiger partial charge in [0.1, 0.15) is 0 Å². The maximum absolute atomic E-state index is 11.7. The average Bonchev–Trinajstić information content (AvgIpc) is 2.32. The van der Waals surface area contributed by atoms with Gasteiger partial charge in [0.05, 0.1) is 6.04 Å². The molecule has 0 aliphatic rings. The Bertz CT molecular complexity index is 198. The third-order valence-corrected chi connectivity index (χ3v) is 2.87. The largest absolute Gasteiger partial charge is 0.385 e. The van der Waals surface area contributed by atoms with Gasteiger partial charge in [-0.15, -0.1) is 0 Å². The Morgan fingerprint density at radius 3 is 2.53 bits per heavy atom. The van der Waals surface area contributed by atoms with E-state index in [1.807, 2.05) is 13.8 Å². The van der Waals surface area contributed by atoms with E-state index >= 15 is 0 Å². The van der Waals surface area contributed by atoms with Crippen molar-refractivity contribution in [3.63, 3.8) is 0 Å². The maximum atomic E-state index is 11.7. The molecule has 0 radical (unpaired) electrons. The third-order valence-electron chi connectivity index (χ3n) is 2.87. The van der Waals surface area contributed by atoms with Gasteiger partial charge in [-0.05, 0) is 46.1 Å². The fourth-order valence-corrected chi connectivity index (χ4v) is 1.43. The van der Waals surface area contributed by atoms with Gasteiger partial charge in [0, 0.05) is 19.8 Å². The summed E-state index contributed by atoms with van der Waals surface area (Å²) in [6.45, 7) is 7.71. The van der Waals surface area contributed by atoms with Crippen LogP contribution in [-0.2, 0) is 9.53 Å². The second-order valence-corrected chi connectivity index (χ2v) is 4.55. The zero-order chi connectivity index (χ0) is 13.1. The van der Waals surface area contributed by atoms with Crippen LogP contribution in [0.2, 0.25) is 0 Å². The molecule has 0 saturated carbocycles. The lowest BCUT2D eigenvalue weighted by molar-refractivity contribution is -0.123. The summed E-state index contributed by atoms with van der Waals surface area (Å²) in [5.74, 6) is 0.0937. The summed E-state index contributed by atoms with van der Waals surface area (Å²) in [6, 6.07) is 0.153. The van der Waals surface area contributed by atoms with E-state index < -0.39 is 0 Å². The summed E-state index contributed by atoms with van der Waals surface area (Å²) in [6.07, 6.45) is 4.28. The van der Waals surface area contributed by atoms with Crippen molar-refractivity contribution >= 4 is 5.91 Å². The minimum Gasteiger partial charge on any atom is -0.385 e. The van der Waals surface area contributed by atoms with Gasteiger partial charge in [0.25, 0.3) is 0 Å². The van der Waals surface area contributed by atoms with E-state index in [4.69, 9.17) is 4.74 Å². The summed E-state index contributed by atoms with van der Waals surface area (Å²) in [7, 11) is 1.72. The van der Waals surface area contributed by atoms with Gasteiger partial charge in [-0.25, -0.2) is 0 Å². The van der Waals surface area contributed by atoms with Crippen LogP contribution in [0.3, 0.4) is 0 Å². The fraction of sp³-hybridized carbons (Fsp3) is 0.923. The lowest BCUT2D eigenvalue weighted by Crippen LogP contribution is -2.45. The Kier molecular flexibility index (Phi) is 10.2. The number of methoxy groups -OCH3 is 1. The Balaban J connectivity index is 3.50. The molecule has 102 valence electrons. The van der Waals surface area contributed by atoms with E-state index in [-0.39, 0.29) is 18.0 Å². The Morgan fingerprint density at radius 1 is 1.24 bits per heavy atom. The van der Waals surface area contributed by atoms with Gasteiger partial charge in [-0.2, -0.15) is 0 Å². The molecule has 0 spiro atoms. The topological polar surface area (TPSA) is 50.4 Å².